The van der Waals surface area contributed by atoms with Gasteiger partial charge in [0, 0.05) is 43.6 Å². The van der Waals surface area contributed by atoms with Gasteiger partial charge in [0.15, 0.2) is 0 Å². The maximum Gasteiger partial charge on any atom is 0.0735 e. The zero-order valence-corrected chi connectivity index (χ0v) is 14.3. The molecule has 0 saturated carbocycles. The molecule has 25 heavy (non-hydrogen) atoms. The third-order valence-electron chi connectivity index (χ3n) is 4.88. The van der Waals surface area contributed by atoms with Gasteiger partial charge in [-0.05, 0) is 42.2 Å². The summed E-state index contributed by atoms with van der Waals surface area (Å²) >= 11 is 0. The number of aromatic nitrogens is 2. The molecule has 4 nitrogen and oxygen atoms in total. The van der Waals surface area contributed by atoms with Crippen LogP contribution < -0.4 is 0 Å². The highest BCUT2D eigenvalue weighted by atomic mass is 16.5. The summed E-state index contributed by atoms with van der Waals surface area (Å²) in [6.45, 7) is 3.80. The van der Waals surface area contributed by atoms with Crippen molar-refractivity contribution in [3.63, 3.8) is 0 Å². The van der Waals surface area contributed by atoms with Crippen molar-refractivity contribution in [1.29, 1.82) is 0 Å². The third-order valence-corrected chi connectivity index (χ3v) is 4.88. The van der Waals surface area contributed by atoms with Crippen LogP contribution in [0.5, 0.6) is 0 Å². The van der Waals surface area contributed by atoms with Gasteiger partial charge in [-0.3, -0.25) is 14.9 Å². The molecule has 1 saturated heterocycles. The number of benzene rings is 1. The van der Waals surface area contributed by atoms with Crippen LogP contribution in [0.25, 0.3) is 10.9 Å². The van der Waals surface area contributed by atoms with Crippen LogP contribution in [0, 0.1) is 0 Å². The number of fused-ring (bicyclic) bond motifs is 1. The molecule has 3 aromatic rings. The average molecular weight is 333 g/mol. The minimum Gasteiger partial charge on any atom is -0.373 e. The summed E-state index contributed by atoms with van der Waals surface area (Å²) in [6, 6.07) is 14.6. The highest BCUT2D eigenvalue weighted by molar-refractivity contribution is 5.81. The fourth-order valence-corrected chi connectivity index (χ4v) is 3.47. The molecule has 2 aromatic heterocycles. The number of para-hydroxylation sites is 1. The molecule has 0 bridgehead atoms. The molecule has 1 aliphatic rings. The maximum absolute atomic E-state index is 6.06. The van der Waals surface area contributed by atoms with Gasteiger partial charge in [-0.15, -0.1) is 0 Å². The van der Waals surface area contributed by atoms with E-state index in [0.29, 0.717) is 12.7 Å². The first kappa shape index (κ1) is 16.2. The number of pyridine rings is 2. The number of nitrogens with zero attached hydrogens (tertiary/aromatic N) is 3. The van der Waals surface area contributed by atoms with E-state index in [0.717, 1.165) is 43.6 Å². The van der Waals surface area contributed by atoms with E-state index < -0.39 is 0 Å². The summed E-state index contributed by atoms with van der Waals surface area (Å²) < 4.78 is 6.06. The van der Waals surface area contributed by atoms with Crippen molar-refractivity contribution in [1.82, 2.24) is 14.9 Å². The molecule has 0 radical (unpaired) electrons. The van der Waals surface area contributed by atoms with Gasteiger partial charge in [-0.25, -0.2) is 0 Å². The molecule has 1 aliphatic heterocycles. The Morgan fingerprint density at radius 3 is 2.72 bits per heavy atom. The number of rotatable bonds is 5. The van der Waals surface area contributed by atoms with Gasteiger partial charge in [0.25, 0.3) is 0 Å². The summed E-state index contributed by atoms with van der Waals surface area (Å²) in [4.78, 5) is 11.1. The lowest BCUT2D eigenvalue weighted by Crippen LogP contribution is -2.36. The van der Waals surface area contributed by atoms with Gasteiger partial charge in [0.2, 0.25) is 0 Å². The lowest BCUT2D eigenvalue weighted by molar-refractivity contribution is -0.00396. The van der Waals surface area contributed by atoms with Gasteiger partial charge in [0.05, 0.1) is 18.2 Å². The lowest BCUT2D eigenvalue weighted by Gasteiger charge is -2.32. The first-order valence-electron chi connectivity index (χ1n) is 8.94. The van der Waals surface area contributed by atoms with Gasteiger partial charge in [-0.1, -0.05) is 24.3 Å². The normalized spacial score (nSPS) is 16.3. The van der Waals surface area contributed by atoms with E-state index in [2.05, 4.69) is 45.2 Å². The van der Waals surface area contributed by atoms with Crippen LogP contribution in [0.1, 0.15) is 24.0 Å². The van der Waals surface area contributed by atoms with E-state index in [-0.39, 0.29) is 0 Å². The molecule has 0 aliphatic carbocycles. The van der Waals surface area contributed by atoms with Gasteiger partial charge in [0.1, 0.15) is 0 Å². The maximum atomic E-state index is 6.06. The predicted molar refractivity (Wildman–Crippen MR) is 99.1 cm³/mol. The number of ether oxygens (including phenoxy) is 1. The average Bonchev–Trinajstić information content (AvgIpc) is 2.69. The first-order chi connectivity index (χ1) is 12.4. The number of likely N-dealkylation sites (tertiary alicyclic amines) is 1. The van der Waals surface area contributed by atoms with E-state index >= 15 is 0 Å². The zero-order chi connectivity index (χ0) is 16.9. The van der Waals surface area contributed by atoms with Crippen molar-refractivity contribution in [2.24, 2.45) is 0 Å². The van der Waals surface area contributed by atoms with E-state index in [4.69, 9.17) is 4.74 Å². The SMILES string of the molecule is c1cncc(COC2CCN(Cc3ccnc4ccccc34)CC2)c1. The van der Waals surface area contributed by atoms with Gasteiger partial charge >= 0.3 is 0 Å². The molecular formula is C21H23N3O. The number of hydrogen-bond donors (Lipinski definition) is 0. The smallest absolute Gasteiger partial charge is 0.0735 e. The van der Waals surface area contributed by atoms with Crippen molar-refractivity contribution >= 4 is 10.9 Å². The van der Waals surface area contributed by atoms with Crippen molar-refractivity contribution < 1.29 is 4.74 Å². The van der Waals surface area contributed by atoms with E-state index in [1.54, 1.807) is 6.20 Å². The second-order valence-electron chi connectivity index (χ2n) is 6.64. The molecular weight excluding hydrogens is 310 g/mol. The summed E-state index contributed by atoms with van der Waals surface area (Å²) in [6.07, 6.45) is 8.12. The highest BCUT2D eigenvalue weighted by Gasteiger charge is 2.20. The fourth-order valence-electron chi connectivity index (χ4n) is 3.47. The molecule has 0 spiro atoms. The minimum absolute atomic E-state index is 0.352. The molecule has 0 amide bonds. The van der Waals surface area contributed by atoms with Crippen LogP contribution >= 0.6 is 0 Å². The molecule has 128 valence electrons. The van der Waals surface area contributed by atoms with Crippen LogP contribution in [-0.2, 0) is 17.9 Å². The first-order valence-corrected chi connectivity index (χ1v) is 8.94. The van der Waals surface area contributed by atoms with Crippen LogP contribution in [-0.4, -0.2) is 34.1 Å². The Balaban J connectivity index is 1.31. The summed E-state index contributed by atoms with van der Waals surface area (Å²) in [5, 5.41) is 1.26. The Morgan fingerprint density at radius 2 is 1.88 bits per heavy atom. The van der Waals surface area contributed by atoms with E-state index in [9.17, 15) is 0 Å². The second kappa shape index (κ2) is 7.72. The topological polar surface area (TPSA) is 38.2 Å². The van der Waals surface area contributed by atoms with Crippen LogP contribution in [0.4, 0.5) is 0 Å². The molecule has 3 heterocycles. The van der Waals surface area contributed by atoms with Crippen LogP contribution in [0.15, 0.2) is 61.1 Å². The zero-order valence-electron chi connectivity index (χ0n) is 14.3. The van der Waals surface area contributed by atoms with E-state index in [1.807, 2.05) is 24.5 Å². The summed E-state index contributed by atoms with van der Waals surface area (Å²) in [7, 11) is 0. The Hall–Kier alpha value is -2.30. The second-order valence-corrected chi connectivity index (χ2v) is 6.64. The molecule has 0 N–H and O–H groups in total. The largest absolute Gasteiger partial charge is 0.373 e. The van der Waals surface area contributed by atoms with Crippen molar-refractivity contribution in [3.8, 4) is 0 Å². The Morgan fingerprint density at radius 1 is 1.00 bits per heavy atom. The van der Waals surface area contributed by atoms with Gasteiger partial charge < -0.3 is 4.74 Å². The van der Waals surface area contributed by atoms with Crippen molar-refractivity contribution in [2.75, 3.05) is 13.1 Å². The quantitative estimate of drug-likeness (QED) is 0.712. The molecule has 1 fully saturated rings. The molecule has 0 unspecified atom stereocenters. The summed E-state index contributed by atoms with van der Waals surface area (Å²) in [5.74, 6) is 0. The fraction of sp³-hybridized carbons (Fsp3) is 0.333. The minimum atomic E-state index is 0.352. The molecule has 1 aromatic carbocycles. The van der Waals surface area contributed by atoms with Crippen LogP contribution in [0.2, 0.25) is 0 Å². The van der Waals surface area contributed by atoms with Crippen LogP contribution in [0.3, 0.4) is 0 Å². The summed E-state index contributed by atoms with van der Waals surface area (Å²) in [5.41, 5.74) is 3.59. The molecule has 0 atom stereocenters. The highest BCUT2D eigenvalue weighted by Crippen LogP contribution is 2.21. The predicted octanol–water partition coefficient (Wildman–Crippen LogP) is 3.81. The Bertz CT molecular complexity index is 808. The molecule has 4 rings (SSSR count). The third kappa shape index (κ3) is 4.03. The van der Waals surface area contributed by atoms with Gasteiger partial charge in [-0.2, -0.15) is 0 Å². The number of hydrogen-bond acceptors (Lipinski definition) is 4. The standard InChI is InChI=1S/C21H23N3O/c1-2-6-21-20(5-1)18(7-11-23-21)15-24-12-8-19(9-13-24)25-16-17-4-3-10-22-14-17/h1-7,10-11,14,19H,8-9,12-13,15-16H2. The van der Waals surface area contributed by atoms with Crippen molar-refractivity contribution in [3.05, 3.63) is 72.2 Å². The van der Waals surface area contributed by atoms with E-state index in [1.165, 1.54) is 10.9 Å². The Kier molecular flexibility index (Phi) is 5.00. The lowest BCUT2D eigenvalue weighted by atomic mass is 10.0. The molecule has 4 heteroatoms. The Labute approximate surface area is 148 Å². The number of piperidine rings is 1. The van der Waals surface area contributed by atoms with Crippen molar-refractivity contribution in [2.45, 2.75) is 32.1 Å². The monoisotopic (exact) mass is 333 g/mol.